The van der Waals surface area contributed by atoms with Gasteiger partial charge in [0.05, 0.1) is 0 Å². The molecule has 12 heavy (non-hydrogen) atoms. The largest absolute Gasteiger partial charge is 0.340 e. The third-order valence-corrected chi connectivity index (χ3v) is 2.20. The van der Waals surface area contributed by atoms with Gasteiger partial charge in [-0.3, -0.25) is 4.98 Å². The molecule has 1 aromatic rings. The molecule has 0 aromatic carbocycles. The first-order valence-electron chi connectivity index (χ1n) is 4.21. The molecule has 2 heterocycles. The van der Waals surface area contributed by atoms with Gasteiger partial charge in [0.2, 0.25) is 0 Å². The molecule has 0 aliphatic carbocycles. The number of hydrogen-bond donors (Lipinski definition) is 3. The molecule has 0 amide bonds. The molecule has 1 unspecified atom stereocenters. The second kappa shape index (κ2) is 3.10. The van der Waals surface area contributed by atoms with Gasteiger partial charge in [-0.1, -0.05) is 0 Å². The quantitative estimate of drug-likeness (QED) is 0.532. The monoisotopic (exact) mass is 168 g/mol. The standard InChI is InChI=1S/C7H12N4O/c12-7-9-6(10-11-7)5-2-1-3-8-4-5/h5,8H,1-4H2,(H2,9,10,11,12). The Hall–Kier alpha value is -1.10. The third-order valence-electron chi connectivity index (χ3n) is 2.20. The Morgan fingerprint density at radius 1 is 1.50 bits per heavy atom. The summed E-state index contributed by atoms with van der Waals surface area (Å²) in [4.78, 5) is 13.4. The van der Waals surface area contributed by atoms with E-state index in [-0.39, 0.29) is 5.69 Å². The van der Waals surface area contributed by atoms with Crippen molar-refractivity contribution in [2.24, 2.45) is 0 Å². The Balaban J connectivity index is 2.13. The molecule has 0 bridgehead atoms. The predicted octanol–water partition coefficient (Wildman–Crippen LogP) is -0.435. The van der Waals surface area contributed by atoms with Crippen LogP contribution in [0.2, 0.25) is 0 Å². The van der Waals surface area contributed by atoms with E-state index in [1.54, 1.807) is 0 Å². The predicted molar refractivity (Wildman–Crippen MR) is 44.1 cm³/mol. The second-order valence-electron chi connectivity index (χ2n) is 3.11. The SMILES string of the molecule is O=c1[nH]nc(C2CCCNC2)[nH]1. The number of H-pyrrole nitrogens is 2. The summed E-state index contributed by atoms with van der Waals surface area (Å²) in [6.45, 7) is 1.99. The van der Waals surface area contributed by atoms with Crippen LogP contribution >= 0.6 is 0 Å². The van der Waals surface area contributed by atoms with Gasteiger partial charge in [-0.2, -0.15) is 5.10 Å². The Bertz CT molecular complexity index is 296. The number of nitrogens with zero attached hydrogens (tertiary/aromatic N) is 1. The van der Waals surface area contributed by atoms with Crippen molar-refractivity contribution in [3.8, 4) is 0 Å². The van der Waals surface area contributed by atoms with Gasteiger partial charge in [0.1, 0.15) is 5.82 Å². The highest BCUT2D eigenvalue weighted by Gasteiger charge is 2.17. The van der Waals surface area contributed by atoms with E-state index in [1.165, 1.54) is 0 Å². The maximum atomic E-state index is 10.7. The summed E-state index contributed by atoms with van der Waals surface area (Å²) < 4.78 is 0. The average molecular weight is 168 g/mol. The Morgan fingerprint density at radius 2 is 2.42 bits per heavy atom. The van der Waals surface area contributed by atoms with E-state index < -0.39 is 0 Å². The number of hydrogen-bond acceptors (Lipinski definition) is 3. The number of rotatable bonds is 1. The van der Waals surface area contributed by atoms with Gasteiger partial charge in [0.15, 0.2) is 0 Å². The van der Waals surface area contributed by atoms with Gasteiger partial charge in [0, 0.05) is 12.5 Å². The molecule has 1 aliphatic rings. The van der Waals surface area contributed by atoms with Crippen molar-refractivity contribution in [1.82, 2.24) is 20.5 Å². The molecule has 1 aromatic heterocycles. The van der Waals surface area contributed by atoms with Crippen molar-refractivity contribution in [1.29, 1.82) is 0 Å². The summed E-state index contributed by atoms with van der Waals surface area (Å²) in [5.74, 6) is 1.16. The summed E-state index contributed by atoms with van der Waals surface area (Å²) in [6, 6.07) is 0. The summed E-state index contributed by atoms with van der Waals surface area (Å²) >= 11 is 0. The molecule has 5 heteroatoms. The Kier molecular flexibility index (Phi) is 1.95. The summed E-state index contributed by atoms with van der Waals surface area (Å²) in [6.07, 6.45) is 2.26. The zero-order chi connectivity index (χ0) is 8.39. The van der Waals surface area contributed by atoms with Crippen LogP contribution in [0.4, 0.5) is 0 Å². The smallest absolute Gasteiger partial charge is 0.316 e. The van der Waals surface area contributed by atoms with Crippen molar-refractivity contribution in [3.63, 3.8) is 0 Å². The number of aromatic amines is 2. The summed E-state index contributed by atoms with van der Waals surface area (Å²) in [7, 11) is 0. The van der Waals surface area contributed by atoms with E-state index in [9.17, 15) is 4.79 Å². The van der Waals surface area contributed by atoms with Crippen LogP contribution in [0.25, 0.3) is 0 Å². The van der Waals surface area contributed by atoms with Gasteiger partial charge in [-0.25, -0.2) is 9.89 Å². The molecule has 0 radical (unpaired) electrons. The van der Waals surface area contributed by atoms with Crippen LogP contribution in [0.15, 0.2) is 4.79 Å². The van der Waals surface area contributed by atoms with E-state index in [2.05, 4.69) is 20.5 Å². The average Bonchev–Trinajstić information content (AvgIpc) is 2.54. The van der Waals surface area contributed by atoms with E-state index in [0.29, 0.717) is 5.92 Å². The highest BCUT2D eigenvalue weighted by molar-refractivity contribution is 4.95. The van der Waals surface area contributed by atoms with Crippen molar-refractivity contribution in [2.45, 2.75) is 18.8 Å². The molecule has 2 rings (SSSR count). The van der Waals surface area contributed by atoms with E-state index in [1.807, 2.05) is 0 Å². The number of aromatic nitrogens is 3. The normalized spacial score (nSPS) is 24.2. The van der Waals surface area contributed by atoms with Crippen LogP contribution < -0.4 is 11.0 Å². The van der Waals surface area contributed by atoms with Gasteiger partial charge in [-0.05, 0) is 19.4 Å². The van der Waals surface area contributed by atoms with Crippen molar-refractivity contribution < 1.29 is 0 Å². The number of piperidine rings is 1. The van der Waals surface area contributed by atoms with Crippen molar-refractivity contribution in [3.05, 3.63) is 16.3 Å². The zero-order valence-corrected chi connectivity index (χ0v) is 6.76. The summed E-state index contributed by atoms with van der Waals surface area (Å²) in [5, 5.41) is 9.55. The zero-order valence-electron chi connectivity index (χ0n) is 6.76. The van der Waals surface area contributed by atoms with E-state index in [4.69, 9.17) is 0 Å². The van der Waals surface area contributed by atoms with Crippen LogP contribution in [0.3, 0.4) is 0 Å². The number of nitrogens with one attached hydrogen (secondary N) is 3. The van der Waals surface area contributed by atoms with Crippen molar-refractivity contribution in [2.75, 3.05) is 13.1 Å². The molecule has 1 aliphatic heterocycles. The molecular weight excluding hydrogens is 156 g/mol. The van der Waals surface area contributed by atoms with Crippen LogP contribution in [-0.4, -0.2) is 28.3 Å². The van der Waals surface area contributed by atoms with Gasteiger partial charge in [0.25, 0.3) is 0 Å². The lowest BCUT2D eigenvalue weighted by molar-refractivity contribution is 0.447. The Morgan fingerprint density at radius 3 is 3.00 bits per heavy atom. The minimum atomic E-state index is -0.212. The minimum absolute atomic E-state index is 0.212. The van der Waals surface area contributed by atoms with Crippen LogP contribution in [0.1, 0.15) is 24.6 Å². The van der Waals surface area contributed by atoms with E-state index >= 15 is 0 Å². The Labute approximate surface area is 69.6 Å². The molecule has 0 spiro atoms. The first-order valence-corrected chi connectivity index (χ1v) is 4.21. The molecule has 3 N–H and O–H groups in total. The fourth-order valence-corrected chi connectivity index (χ4v) is 1.56. The lowest BCUT2D eigenvalue weighted by Gasteiger charge is -2.19. The lowest BCUT2D eigenvalue weighted by Crippen LogP contribution is -2.29. The first kappa shape index (κ1) is 7.54. The molecule has 5 nitrogen and oxygen atoms in total. The van der Waals surface area contributed by atoms with E-state index in [0.717, 1.165) is 31.8 Å². The maximum absolute atomic E-state index is 10.7. The van der Waals surface area contributed by atoms with Crippen molar-refractivity contribution >= 4 is 0 Å². The maximum Gasteiger partial charge on any atom is 0.340 e. The molecular formula is C7H12N4O. The second-order valence-corrected chi connectivity index (χ2v) is 3.11. The fraction of sp³-hybridized carbons (Fsp3) is 0.714. The third kappa shape index (κ3) is 1.40. The highest BCUT2D eigenvalue weighted by Crippen LogP contribution is 2.17. The van der Waals surface area contributed by atoms with Gasteiger partial charge < -0.3 is 5.32 Å². The highest BCUT2D eigenvalue weighted by atomic mass is 16.1. The van der Waals surface area contributed by atoms with Crippen LogP contribution in [-0.2, 0) is 0 Å². The molecule has 1 atom stereocenters. The topological polar surface area (TPSA) is 73.6 Å². The van der Waals surface area contributed by atoms with Gasteiger partial charge in [-0.15, -0.1) is 0 Å². The minimum Gasteiger partial charge on any atom is -0.316 e. The van der Waals surface area contributed by atoms with Gasteiger partial charge >= 0.3 is 5.69 Å². The van der Waals surface area contributed by atoms with Crippen LogP contribution in [0, 0.1) is 0 Å². The summed E-state index contributed by atoms with van der Waals surface area (Å²) in [5.41, 5.74) is -0.212. The molecule has 66 valence electrons. The molecule has 1 saturated heterocycles. The first-order chi connectivity index (χ1) is 5.86. The molecule has 0 saturated carbocycles. The van der Waals surface area contributed by atoms with Crippen LogP contribution in [0.5, 0.6) is 0 Å². The molecule has 1 fully saturated rings. The lowest BCUT2D eigenvalue weighted by atomic mass is 9.99. The fourth-order valence-electron chi connectivity index (χ4n) is 1.56.